The summed E-state index contributed by atoms with van der Waals surface area (Å²) in [5, 5.41) is 0. The smallest absolute Gasteiger partial charge is 0.161 e. The van der Waals surface area contributed by atoms with Crippen molar-refractivity contribution in [2.24, 2.45) is 0 Å². The van der Waals surface area contributed by atoms with E-state index in [0.717, 1.165) is 61.8 Å². The van der Waals surface area contributed by atoms with Crippen molar-refractivity contribution in [1.82, 2.24) is 9.80 Å². The first-order chi connectivity index (χ1) is 18.5. The van der Waals surface area contributed by atoms with Crippen molar-refractivity contribution in [2.75, 3.05) is 55.6 Å². The summed E-state index contributed by atoms with van der Waals surface area (Å²) in [6.45, 7) is 2.05. The minimum Gasteiger partial charge on any atom is -0.493 e. The molecule has 3 aromatic rings. The van der Waals surface area contributed by atoms with Crippen LogP contribution in [-0.2, 0) is 25.7 Å². The number of hydrogen-bond donors (Lipinski definition) is 0. The summed E-state index contributed by atoms with van der Waals surface area (Å²) in [4.78, 5) is 4.95. The van der Waals surface area contributed by atoms with Crippen molar-refractivity contribution in [3.05, 3.63) is 81.9 Å². The summed E-state index contributed by atoms with van der Waals surface area (Å²) in [7, 11) is 11.3. The highest BCUT2D eigenvalue weighted by molar-refractivity contribution is 5.51. The third-order valence-corrected chi connectivity index (χ3v) is 8.49. The molecule has 3 aromatic carbocycles. The lowest BCUT2D eigenvalue weighted by Crippen LogP contribution is -2.35. The first kappa shape index (κ1) is 26.4. The molecule has 0 bridgehead atoms. The van der Waals surface area contributed by atoms with E-state index in [-0.39, 0.29) is 12.1 Å². The highest BCUT2D eigenvalue weighted by atomic mass is 16.5. The van der Waals surface area contributed by atoms with E-state index in [4.69, 9.17) is 18.9 Å². The van der Waals surface area contributed by atoms with Gasteiger partial charge in [0.1, 0.15) is 0 Å². The maximum absolute atomic E-state index is 5.67. The predicted molar refractivity (Wildman–Crippen MR) is 151 cm³/mol. The zero-order valence-corrected chi connectivity index (χ0v) is 23.5. The summed E-state index contributed by atoms with van der Waals surface area (Å²) in [6, 6.07) is 18.2. The van der Waals surface area contributed by atoms with Gasteiger partial charge in [0.25, 0.3) is 0 Å². The molecule has 0 N–H and O–H groups in total. The molecule has 0 fully saturated rings. The van der Waals surface area contributed by atoms with Crippen LogP contribution in [-0.4, -0.2) is 65.4 Å². The Hall–Kier alpha value is -3.22. The highest BCUT2D eigenvalue weighted by Crippen LogP contribution is 2.41. The van der Waals surface area contributed by atoms with Gasteiger partial charge in [0.15, 0.2) is 23.0 Å². The molecule has 0 saturated heterocycles. The van der Waals surface area contributed by atoms with E-state index in [9.17, 15) is 0 Å². The van der Waals surface area contributed by atoms with Crippen LogP contribution in [0.25, 0.3) is 0 Å². The van der Waals surface area contributed by atoms with Crippen LogP contribution >= 0.6 is 0 Å². The average molecular weight is 517 g/mol. The number of ether oxygens (including phenoxy) is 4. The number of likely N-dealkylation sites (N-methyl/N-ethyl adjacent to an activating group) is 2. The van der Waals surface area contributed by atoms with Crippen molar-refractivity contribution >= 4 is 0 Å². The Morgan fingerprint density at radius 2 is 0.974 bits per heavy atom. The van der Waals surface area contributed by atoms with Crippen molar-refractivity contribution in [3.8, 4) is 23.0 Å². The monoisotopic (exact) mass is 516 g/mol. The van der Waals surface area contributed by atoms with Crippen molar-refractivity contribution in [2.45, 2.75) is 37.8 Å². The van der Waals surface area contributed by atoms with Gasteiger partial charge in [-0.3, -0.25) is 9.80 Å². The molecule has 0 aromatic heterocycles. The van der Waals surface area contributed by atoms with Crippen LogP contribution in [0.2, 0.25) is 0 Å². The molecule has 0 radical (unpaired) electrons. The standard InChI is InChI=1S/C32H40N2O4/c1-33-13-11-23-17-29(35-3)31(37-5)19-25(23)27(33)15-21-9-7-8-10-22(21)16-28-26-20-32(38-6)30(36-4)18-24(26)12-14-34(28)2/h7-10,17-20,27-28H,11-16H2,1-6H3. The fraction of sp³-hybridized carbons (Fsp3) is 0.438. The number of nitrogens with zero attached hydrogens (tertiary/aromatic N) is 2. The van der Waals surface area contributed by atoms with Gasteiger partial charge in [0, 0.05) is 25.2 Å². The van der Waals surface area contributed by atoms with E-state index in [1.54, 1.807) is 28.4 Å². The van der Waals surface area contributed by atoms with E-state index >= 15 is 0 Å². The van der Waals surface area contributed by atoms with Gasteiger partial charge in [0.05, 0.1) is 28.4 Å². The molecule has 6 heteroatoms. The Labute approximate surface area is 227 Å². The Morgan fingerprint density at radius 1 is 0.605 bits per heavy atom. The van der Waals surface area contributed by atoms with E-state index in [1.165, 1.54) is 33.4 Å². The SMILES string of the molecule is COc1cc2c(cc1OC)C(Cc1ccccc1CC1c3cc(OC)c(OC)cc3CCN1C)N(C)CC2. The van der Waals surface area contributed by atoms with Gasteiger partial charge in [0.2, 0.25) is 0 Å². The Balaban J connectivity index is 1.48. The third kappa shape index (κ3) is 4.95. The molecule has 6 nitrogen and oxygen atoms in total. The van der Waals surface area contributed by atoms with Gasteiger partial charge >= 0.3 is 0 Å². The van der Waals surface area contributed by atoms with Gasteiger partial charge in [-0.1, -0.05) is 24.3 Å². The van der Waals surface area contributed by atoms with E-state index in [0.29, 0.717) is 0 Å². The van der Waals surface area contributed by atoms with Crippen molar-refractivity contribution in [1.29, 1.82) is 0 Å². The molecule has 202 valence electrons. The molecule has 0 saturated carbocycles. The minimum absolute atomic E-state index is 0.278. The number of rotatable bonds is 8. The van der Waals surface area contributed by atoms with Crippen LogP contribution in [0.3, 0.4) is 0 Å². The predicted octanol–water partition coefficient (Wildman–Crippen LogP) is 5.26. The third-order valence-electron chi connectivity index (χ3n) is 8.49. The second kappa shape index (κ2) is 11.3. The van der Waals surface area contributed by atoms with E-state index in [1.807, 2.05) is 0 Å². The van der Waals surface area contributed by atoms with E-state index in [2.05, 4.69) is 72.4 Å². The maximum atomic E-state index is 5.67. The zero-order valence-electron chi connectivity index (χ0n) is 23.5. The van der Waals surface area contributed by atoms with Crippen LogP contribution in [0.5, 0.6) is 23.0 Å². The molecule has 2 heterocycles. The lowest BCUT2D eigenvalue weighted by Gasteiger charge is -2.37. The fourth-order valence-electron chi connectivity index (χ4n) is 6.21. The molecule has 38 heavy (non-hydrogen) atoms. The number of fused-ring (bicyclic) bond motifs is 2. The lowest BCUT2D eigenvalue weighted by molar-refractivity contribution is 0.222. The summed E-state index contributed by atoms with van der Waals surface area (Å²) < 4.78 is 22.5. The van der Waals surface area contributed by atoms with Gasteiger partial charge in [-0.25, -0.2) is 0 Å². The zero-order chi connectivity index (χ0) is 26.8. The van der Waals surface area contributed by atoms with Crippen LogP contribution in [0.4, 0.5) is 0 Å². The van der Waals surface area contributed by atoms with Crippen LogP contribution in [0.1, 0.15) is 45.5 Å². The normalized spacial score (nSPS) is 19.4. The van der Waals surface area contributed by atoms with Crippen molar-refractivity contribution in [3.63, 3.8) is 0 Å². The topological polar surface area (TPSA) is 43.4 Å². The van der Waals surface area contributed by atoms with Gasteiger partial charge in [-0.15, -0.1) is 0 Å². The fourth-order valence-corrected chi connectivity index (χ4v) is 6.21. The van der Waals surface area contributed by atoms with Gasteiger partial charge in [-0.2, -0.15) is 0 Å². The average Bonchev–Trinajstić information content (AvgIpc) is 2.95. The van der Waals surface area contributed by atoms with Crippen LogP contribution in [0, 0.1) is 0 Å². The van der Waals surface area contributed by atoms with Crippen LogP contribution < -0.4 is 18.9 Å². The first-order valence-electron chi connectivity index (χ1n) is 13.4. The quantitative estimate of drug-likeness (QED) is 0.407. The number of hydrogen-bond acceptors (Lipinski definition) is 6. The lowest BCUT2D eigenvalue weighted by atomic mass is 9.84. The van der Waals surface area contributed by atoms with E-state index < -0.39 is 0 Å². The Bertz CT molecular complexity index is 1190. The van der Waals surface area contributed by atoms with Crippen LogP contribution in [0.15, 0.2) is 48.5 Å². The molecular formula is C32H40N2O4. The molecular weight excluding hydrogens is 476 g/mol. The molecule has 0 aliphatic carbocycles. The summed E-state index contributed by atoms with van der Waals surface area (Å²) in [5.74, 6) is 3.20. The number of benzene rings is 3. The Kier molecular flexibility index (Phi) is 7.82. The molecule has 5 rings (SSSR count). The summed E-state index contributed by atoms with van der Waals surface area (Å²) in [6.07, 6.45) is 3.92. The number of methoxy groups -OCH3 is 4. The Morgan fingerprint density at radius 3 is 1.34 bits per heavy atom. The summed E-state index contributed by atoms with van der Waals surface area (Å²) >= 11 is 0. The summed E-state index contributed by atoms with van der Waals surface area (Å²) in [5.41, 5.74) is 8.17. The molecule has 2 aliphatic rings. The first-order valence-corrected chi connectivity index (χ1v) is 13.4. The largest absolute Gasteiger partial charge is 0.493 e. The van der Waals surface area contributed by atoms with Gasteiger partial charge in [-0.05, 0) is 97.4 Å². The van der Waals surface area contributed by atoms with Gasteiger partial charge < -0.3 is 18.9 Å². The van der Waals surface area contributed by atoms with Crippen molar-refractivity contribution < 1.29 is 18.9 Å². The molecule has 2 unspecified atom stereocenters. The second-order valence-corrected chi connectivity index (χ2v) is 10.5. The second-order valence-electron chi connectivity index (χ2n) is 10.5. The molecule has 2 aliphatic heterocycles. The minimum atomic E-state index is 0.278. The maximum Gasteiger partial charge on any atom is 0.161 e. The molecule has 0 amide bonds. The molecule has 2 atom stereocenters. The molecule has 0 spiro atoms. The highest BCUT2D eigenvalue weighted by Gasteiger charge is 2.30.